The molecule has 1 amide bonds. The fourth-order valence-electron chi connectivity index (χ4n) is 2.55. The lowest BCUT2D eigenvalue weighted by Crippen LogP contribution is -2.41. The first kappa shape index (κ1) is 12.5. The molecule has 1 fully saturated rings. The molecule has 15 heavy (non-hydrogen) atoms. The van der Waals surface area contributed by atoms with E-state index < -0.39 is 0 Å². The molecule has 1 aliphatic carbocycles. The molecule has 0 aromatic heterocycles. The van der Waals surface area contributed by atoms with Gasteiger partial charge in [0.15, 0.2) is 0 Å². The molecule has 1 saturated carbocycles. The molecule has 3 heteroatoms. The Morgan fingerprint density at radius 1 is 1.47 bits per heavy atom. The van der Waals surface area contributed by atoms with Crippen LogP contribution in [0.25, 0.3) is 0 Å². The number of nitrogens with one attached hydrogen (secondary N) is 2. The van der Waals surface area contributed by atoms with E-state index >= 15 is 0 Å². The highest BCUT2D eigenvalue weighted by molar-refractivity contribution is 5.76. The fourth-order valence-corrected chi connectivity index (χ4v) is 2.55. The zero-order chi connectivity index (χ0) is 11.3. The van der Waals surface area contributed by atoms with E-state index in [0.29, 0.717) is 18.5 Å². The van der Waals surface area contributed by atoms with Crippen molar-refractivity contribution in [1.82, 2.24) is 10.6 Å². The van der Waals surface area contributed by atoms with Crippen LogP contribution in [0.2, 0.25) is 0 Å². The number of rotatable bonds is 5. The van der Waals surface area contributed by atoms with Gasteiger partial charge in [0.1, 0.15) is 0 Å². The Morgan fingerprint density at radius 3 is 2.80 bits per heavy atom. The van der Waals surface area contributed by atoms with Crippen molar-refractivity contribution in [3.63, 3.8) is 0 Å². The highest BCUT2D eigenvalue weighted by atomic mass is 16.1. The van der Waals surface area contributed by atoms with Crippen LogP contribution in [0.15, 0.2) is 0 Å². The highest BCUT2D eigenvalue weighted by Gasteiger charge is 2.26. The summed E-state index contributed by atoms with van der Waals surface area (Å²) in [6.07, 6.45) is 5.80. The lowest BCUT2D eigenvalue weighted by Gasteiger charge is -2.23. The standard InChI is InChI=1S/C12H24N2O/c1-4-10-6-5-7-11(10)14-9(2)8-12(15)13-3/h9-11,14H,4-8H2,1-3H3,(H,13,15). The molecule has 88 valence electrons. The predicted molar refractivity (Wildman–Crippen MR) is 62.7 cm³/mol. The third-order valence-corrected chi connectivity index (χ3v) is 3.45. The second-order valence-electron chi connectivity index (χ2n) is 4.65. The molecule has 1 rings (SSSR count). The molecule has 0 heterocycles. The molecule has 3 unspecified atom stereocenters. The van der Waals surface area contributed by atoms with E-state index in [1.165, 1.54) is 25.7 Å². The zero-order valence-corrected chi connectivity index (χ0v) is 10.2. The van der Waals surface area contributed by atoms with Crippen LogP contribution < -0.4 is 10.6 Å². The molecule has 0 bridgehead atoms. The monoisotopic (exact) mass is 212 g/mol. The topological polar surface area (TPSA) is 41.1 Å². The minimum absolute atomic E-state index is 0.126. The summed E-state index contributed by atoms with van der Waals surface area (Å²) < 4.78 is 0. The fraction of sp³-hybridized carbons (Fsp3) is 0.917. The molecule has 0 spiro atoms. The number of carbonyl (C=O) groups excluding carboxylic acids is 1. The van der Waals surface area contributed by atoms with Crippen molar-refractivity contribution in [3.05, 3.63) is 0 Å². The summed E-state index contributed by atoms with van der Waals surface area (Å²) in [7, 11) is 1.69. The van der Waals surface area contributed by atoms with E-state index in [2.05, 4.69) is 24.5 Å². The number of amides is 1. The lowest BCUT2D eigenvalue weighted by atomic mass is 9.99. The molecule has 0 aromatic rings. The van der Waals surface area contributed by atoms with E-state index in [4.69, 9.17) is 0 Å². The number of hydrogen-bond donors (Lipinski definition) is 2. The van der Waals surface area contributed by atoms with Gasteiger partial charge in [-0.1, -0.05) is 19.8 Å². The van der Waals surface area contributed by atoms with Crippen LogP contribution in [0.1, 0.15) is 46.0 Å². The zero-order valence-electron chi connectivity index (χ0n) is 10.2. The van der Waals surface area contributed by atoms with Gasteiger partial charge in [0.2, 0.25) is 5.91 Å². The second-order valence-corrected chi connectivity index (χ2v) is 4.65. The maximum atomic E-state index is 11.2. The van der Waals surface area contributed by atoms with Crippen molar-refractivity contribution in [1.29, 1.82) is 0 Å². The van der Waals surface area contributed by atoms with Crippen molar-refractivity contribution >= 4 is 5.91 Å². The summed E-state index contributed by atoms with van der Waals surface area (Å²) in [5.41, 5.74) is 0. The van der Waals surface area contributed by atoms with Crippen molar-refractivity contribution in [2.45, 2.75) is 58.0 Å². The van der Waals surface area contributed by atoms with Gasteiger partial charge in [-0.25, -0.2) is 0 Å². The Labute approximate surface area is 93.0 Å². The van der Waals surface area contributed by atoms with Crippen molar-refractivity contribution in [3.8, 4) is 0 Å². The lowest BCUT2D eigenvalue weighted by molar-refractivity contribution is -0.121. The first-order valence-corrected chi connectivity index (χ1v) is 6.14. The molecular weight excluding hydrogens is 188 g/mol. The first-order valence-electron chi connectivity index (χ1n) is 6.14. The molecule has 0 aromatic carbocycles. The normalized spacial score (nSPS) is 27.7. The van der Waals surface area contributed by atoms with Crippen molar-refractivity contribution in [2.24, 2.45) is 5.92 Å². The Morgan fingerprint density at radius 2 is 2.20 bits per heavy atom. The smallest absolute Gasteiger partial charge is 0.221 e. The van der Waals surface area contributed by atoms with E-state index in [9.17, 15) is 4.79 Å². The average Bonchev–Trinajstić information content (AvgIpc) is 2.64. The largest absolute Gasteiger partial charge is 0.359 e. The minimum Gasteiger partial charge on any atom is -0.359 e. The number of hydrogen-bond acceptors (Lipinski definition) is 2. The van der Waals surface area contributed by atoms with Gasteiger partial charge < -0.3 is 10.6 Å². The van der Waals surface area contributed by atoms with Crippen LogP contribution in [0.4, 0.5) is 0 Å². The summed E-state index contributed by atoms with van der Waals surface area (Å²) in [6.45, 7) is 4.36. The van der Waals surface area contributed by atoms with Crippen LogP contribution in [-0.4, -0.2) is 25.0 Å². The number of carbonyl (C=O) groups is 1. The van der Waals surface area contributed by atoms with Crippen molar-refractivity contribution < 1.29 is 4.79 Å². The van der Waals surface area contributed by atoms with Gasteiger partial charge in [0.25, 0.3) is 0 Å². The van der Waals surface area contributed by atoms with Crippen LogP contribution >= 0.6 is 0 Å². The molecule has 0 radical (unpaired) electrons. The van der Waals surface area contributed by atoms with Gasteiger partial charge in [-0.15, -0.1) is 0 Å². The van der Waals surface area contributed by atoms with E-state index in [-0.39, 0.29) is 5.91 Å². The van der Waals surface area contributed by atoms with Gasteiger partial charge in [-0.05, 0) is 25.7 Å². The van der Waals surface area contributed by atoms with Crippen LogP contribution in [0, 0.1) is 5.92 Å². The molecule has 1 aliphatic rings. The Balaban J connectivity index is 2.30. The Hall–Kier alpha value is -0.570. The SMILES string of the molecule is CCC1CCCC1NC(C)CC(=O)NC. The van der Waals surface area contributed by atoms with Gasteiger partial charge >= 0.3 is 0 Å². The third kappa shape index (κ3) is 3.82. The van der Waals surface area contributed by atoms with Crippen LogP contribution in [-0.2, 0) is 4.79 Å². The summed E-state index contributed by atoms with van der Waals surface area (Å²) in [6, 6.07) is 0.928. The van der Waals surface area contributed by atoms with E-state index in [0.717, 1.165) is 5.92 Å². The van der Waals surface area contributed by atoms with Crippen LogP contribution in [0.3, 0.4) is 0 Å². The quantitative estimate of drug-likeness (QED) is 0.728. The molecule has 2 N–H and O–H groups in total. The maximum Gasteiger partial charge on any atom is 0.221 e. The molecule has 0 saturated heterocycles. The van der Waals surface area contributed by atoms with E-state index in [1.807, 2.05) is 0 Å². The second kappa shape index (κ2) is 6.11. The minimum atomic E-state index is 0.126. The Bertz CT molecular complexity index is 206. The summed E-state index contributed by atoms with van der Waals surface area (Å²) >= 11 is 0. The van der Waals surface area contributed by atoms with Crippen molar-refractivity contribution in [2.75, 3.05) is 7.05 Å². The van der Waals surface area contributed by atoms with Gasteiger partial charge in [-0.3, -0.25) is 4.79 Å². The van der Waals surface area contributed by atoms with Gasteiger partial charge in [-0.2, -0.15) is 0 Å². The highest BCUT2D eigenvalue weighted by Crippen LogP contribution is 2.28. The molecule has 0 aliphatic heterocycles. The third-order valence-electron chi connectivity index (χ3n) is 3.45. The van der Waals surface area contributed by atoms with E-state index in [1.54, 1.807) is 7.05 Å². The predicted octanol–water partition coefficient (Wildman–Crippen LogP) is 1.68. The average molecular weight is 212 g/mol. The first-order chi connectivity index (χ1) is 7.17. The van der Waals surface area contributed by atoms with Crippen LogP contribution in [0.5, 0.6) is 0 Å². The van der Waals surface area contributed by atoms with Gasteiger partial charge in [0.05, 0.1) is 0 Å². The molecular formula is C12H24N2O. The maximum absolute atomic E-state index is 11.2. The molecule has 3 atom stereocenters. The van der Waals surface area contributed by atoms with Gasteiger partial charge in [0, 0.05) is 25.6 Å². The molecule has 3 nitrogen and oxygen atoms in total. The Kier molecular flexibility index (Phi) is 5.09. The summed E-state index contributed by atoms with van der Waals surface area (Å²) in [5, 5.41) is 6.25. The summed E-state index contributed by atoms with van der Waals surface area (Å²) in [5.74, 6) is 0.943. The summed E-state index contributed by atoms with van der Waals surface area (Å²) in [4.78, 5) is 11.2.